The second-order valence-electron chi connectivity index (χ2n) is 2.69. The van der Waals surface area contributed by atoms with Crippen molar-refractivity contribution in [2.45, 2.75) is 13.5 Å². The van der Waals surface area contributed by atoms with Crippen LogP contribution in [0.5, 0.6) is 5.75 Å². The molecule has 82 valence electrons. The van der Waals surface area contributed by atoms with Crippen molar-refractivity contribution in [3.8, 4) is 5.75 Å². The highest BCUT2D eigenvalue weighted by Gasteiger charge is 2.16. The molecule has 15 heavy (non-hydrogen) atoms. The summed E-state index contributed by atoms with van der Waals surface area (Å²) in [7, 11) is 0. The first-order valence-electron chi connectivity index (χ1n) is 3.81. The standard InChI is InChI=1S/C8H6ClF2NO3/c1-4-6(9)2-5(12(13)14)3-7(4)15-8(10)11/h2-3,8H,1H3. The monoisotopic (exact) mass is 237 g/mol. The Morgan fingerprint density at radius 2 is 2.13 bits per heavy atom. The summed E-state index contributed by atoms with van der Waals surface area (Å²) in [4.78, 5) is 9.67. The van der Waals surface area contributed by atoms with E-state index in [1.165, 1.54) is 6.92 Å². The molecule has 0 aliphatic rings. The molecular weight excluding hydrogens is 232 g/mol. The Morgan fingerprint density at radius 1 is 1.53 bits per heavy atom. The van der Waals surface area contributed by atoms with Crippen molar-refractivity contribution >= 4 is 17.3 Å². The number of alkyl halides is 2. The molecule has 0 bridgehead atoms. The lowest BCUT2D eigenvalue weighted by Crippen LogP contribution is -2.04. The molecule has 0 aromatic heterocycles. The van der Waals surface area contributed by atoms with Crippen LogP contribution in [-0.4, -0.2) is 11.5 Å². The van der Waals surface area contributed by atoms with Crippen molar-refractivity contribution in [1.82, 2.24) is 0 Å². The number of nitro groups is 1. The van der Waals surface area contributed by atoms with Crippen LogP contribution in [0.15, 0.2) is 12.1 Å². The molecule has 0 saturated heterocycles. The summed E-state index contributed by atoms with van der Waals surface area (Å²) < 4.78 is 28.0. The maximum atomic E-state index is 11.9. The predicted octanol–water partition coefficient (Wildman–Crippen LogP) is 3.16. The fourth-order valence-electron chi connectivity index (χ4n) is 0.964. The van der Waals surface area contributed by atoms with E-state index in [9.17, 15) is 18.9 Å². The molecule has 4 nitrogen and oxygen atoms in total. The Labute approximate surface area is 88.6 Å². The van der Waals surface area contributed by atoms with Crippen LogP contribution in [0, 0.1) is 17.0 Å². The van der Waals surface area contributed by atoms with Gasteiger partial charge in [-0.2, -0.15) is 8.78 Å². The van der Waals surface area contributed by atoms with Crippen LogP contribution in [0.3, 0.4) is 0 Å². The van der Waals surface area contributed by atoms with Crippen LogP contribution in [-0.2, 0) is 0 Å². The molecule has 0 amide bonds. The molecule has 0 unspecified atom stereocenters. The molecule has 0 aliphatic carbocycles. The van der Waals surface area contributed by atoms with E-state index < -0.39 is 11.5 Å². The zero-order chi connectivity index (χ0) is 11.6. The third-order valence-electron chi connectivity index (χ3n) is 1.71. The van der Waals surface area contributed by atoms with Crippen molar-refractivity contribution in [2.24, 2.45) is 0 Å². The van der Waals surface area contributed by atoms with Gasteiger partial charge in [0.25, 0.3) is 5.69 Å². The van der Waals surface area contributed by atoms with Crippen molar-refractivity contribution < 1.29 is 18.4 Å². The van der Waals surface area contributed by atoms with Crippen LogP contribution in [0.2, 0.25) is 5.02 Å². The van der Waals surface area contributed by atoms with Crippen LogP contribution in [0.1, 0.15) is 5.56 Å². The summed E-state index contributed by atoms with van der Waals surface area (Å²) in [5, 5.41) is 10.4. The SMILES string of the molecule is Cc1c(Cl)cc([N+](=O)[O-])cc1OC(F)F. The summed E-state index contributed by atoms with van der Waals surface area (Å²) in [6.07, 6.45) is 0. The van der Waals surface area contributed by atoms with E-state index in [2.05, 4.69) is 4.74 Å². The van der Waals surface area contributed by atoms with Crippen molar-refractivity contribution in [1.29, 1.82) is 0 Å². The van der Waals surface area contributed by atoms with Gasteiger partial charge in [-0.25, -0.2) is 0 Å². The summed E-state index contributed by atoms with van der Waals surface area (Å²) in [6.45, 7) is -1.61. The molecular formula is C8H6ClF2NO3. The van der Waals surface area contributed by atoms with Crippen molar-refractivity contribution in [3.05, 3.63) is 32.8 Å². The van der Waals surface area contributed by atoms with Gasteiger partial charge in [-0.15, -0.1) is 0 Å². The first-order chi connectivity index (χ1) is 6.91. The maximum absolute atomic E-state index is 11.9. The van der Waals surface area contributed by atoms with E-state index in [-0.39, 0.29) is 22.0 Å². The first kappa shape index (κ1) is 11.6. The number of benzene rings is 1. The summed E-state index contributed by atoms with van der Waals surface area (Å²) in [6, 6.07) is 1.99. The number of rotatable bonds is 3. The number of nitrogens with zero attached hydrogens (tertiary/aromatic N) is 1. The Kier molecular flexibility index (Phi) is 3.41. The van der Waals surface area contributed by atoms with E-state index in [1.807, 2.05) is 0 Å². The molecule has 1 rings (SSSR count). The Morgan fingerprint density at radius 3 is 2.60 bits per heavy atom. The van der Waals surface area contributed by atoms with E-state index in [4.69, 9.17) is 11.6 Å². The average Bonchev–Trinajstić information content (AvgIpc) is 2.11. The van der Waals surface area contributed by atoms with Gasteiger partial charge in [-0.3, -0.25) is 10.1 Å². The van der Waals surface area contributed by atoms with Gasteiger partial charge in [0.2, 0.25) is 0 Å². The van der Waals surface area contributed by atoms with Gasteiger partial charge < -0.3 is 4.74 Å². The number of ether oxygens (including phenoxy) is 1. The molecule has 1 aromatic rings. The number of halogens is 3. The quantitative estimate of drug-likeness (QED) is 0.599. The largest absolute Gasteiger partial charge is 0.434 e. The lowest BCUT2D eigenvalue weighted by molar-refractivity contribution is -0.385. The molecule has 0 heterocycles. The molecule has 0 saturated carbocycles. The molecule has 0 atom stereocenters. The van der Waals surface area contributed by atoms with Gasteiger partial charge in [0.05, 0.1) is 16.0 Å². The number of hydrogen-bond acceptors (Lipinski definition) is 3. The van der Waals surface area contributed by atoms with Gasteiger partial charge in [-0.1, -0.05) is 11.6 Å². The topological polar surface area (TPSA) is 52.4 Å². The highest BCUT2D eigenvalue weighted by molar-refractivity contribution is 6.31. The van der Waals surface area contributed by atoms with Crippen LogP contribution in [0.25, 0.3) is 0 Å². The van der Waals surface area contributed by atoms with Crippen LogP contribution < -0.4 is 4.74 Å². The molecule has 0 aliphatic heterocycles. The van der Waals surface area contributed by atoms with Gasteiger partial charge in [-0.05, 0) is 6.92 Å². The number of non-ortho nitro benzene ring substituents is 1. The molecule has 0 fully saturated rings. The minimum atomic E-state index is -3.04. The van der Waals surface area contributed by atoms with E-state index in [1.54, 1.807) is 0 Å². The van der Waals surface area contributed by atoms with Gasteiger partial charge >= 0.3 is 6.61 Å². The highest BCUT2D eigenvalue weighted by atomic mass is 35.5. The minimum absolute atomic E-state index is 0.0138. The minimum Gasteiger partial charge on any atom is -0.434 e. The number of nitro benzene ring substituents is 1. The first-order valence-corrected chi connectivity index (χ1v) is 4.19. The van der Waals surface area contributed by atoms with Crippen LogP contribution >= 0.6 is 11.6 Å². The van der Waals surface area contributed by atoms with E-state index >= 15 is 0 Å². The predicted molar refractivity (Wildman–Crippen MR) is 49.5 cm³/mol. The summed E-state index contributed by atoms with van der Waals surface area (Å²) in [5.41, 5.74) is -0.149. The second-order valence-corrected chi connectivity index (χ2v) is 3.09. The lowest BCUT2D eigenvalue weighted by Gasteiger charge is -2.08. The summed E-state index contributed by atoms with van der Waals surface area (Å²) >= 11 is 5.62. The number of hydrogen-bond donors (Lipinski definition) is 0. The van der Waals surface area contributed by atoms with Gasteiger partial charge in [0.15, 0.2) is 0 Å². The second kappa shape index (κ2) is 4.39. The van der Waals surface area contributed by atoms with Crippen LogP contribution in [0.4, 0.5) is 14.5 Å². The van der Waals surface area contributed by atoms with E-state index in [0.717, 1.165) is 12.1 Å². The maximum Gasteiger partial charge on any atom is 0.387 e. The fourth-order valence-corrected chi connectivity index (χ4v) is 1.17. The van der Waals surface area contributed by atoms with Gasteiger partial charge in [0.1, 0.15) is 5.75 Å². The Bertz CT molecular complexity index is 398. The zero-order valence-electron chi connectivity index (χ0n) is 7.54. The Hall–Kier alpha value is -1.43. The Balaban J connectivity index is 3.19. The molecule has 0 radical (unpaired) electrons. The molecule has 1 aromatic carbocycles. The average molecular weight is 238 g/mol. The smallest absolute Gasteiger partial charge is 0.387 e. The molecule has 7 heteroatoms. The fraction of sp³-hybridized carbons (Fsp3) is 0.250. The summed E-state index contributed by atoms with van der Waals surface area (Å²) in [5.74, 6) is -0.288. The lowest BCUT2D eigenvalue weighted by atomic mass is 10.2. The molecule has 0 N–H and O–H groups in total. The zero-order valence-corrected chi connectivity index (χ0v) is 8.29. The van der Waals surface area contributed by atoms with E-state index in [0.29, 0.717) is 0 Å². The normalized spacial score (nSPS) is 10.5. The van der Waals surface area contributed by atoms with Crippen molar-refractivity contribution in [3.63, 3.8) is 0 Å². The third kappa shape index (κ3) is 2.76. The van der Waals surface area contributed by atoms with Gasteiger partial charge in [0, 0.05) is 11.6 Å². The highest BCUT2D eigenvalue weighted by Crippen LogP contribution is 2.32. The third-order valence-corrected chi connectivity index (χ3v) is 2.10. The molecule has 0 spiro atoms. The van der Waals surface area contributed by atoms with Crippen molar-refractivity contribution in [2.75, 3.05) is 0 Å².